The van der Waals surface area contributed by atoms with Gasteiger partial charge in [0.15, 0.2) is 0 Å². The number of hydrogen-bond acceptors (Lipinski definition) is 3. The molecule has 3 heteroatoms. The van der Waals surface area contributed by atoms with E-state index in [1.165, 1.54) is 17.7 Å². The van der Waals surface area contributed by atoms with Gasteiger partial charge in [0, 0.05) is 30.6 Å². The van der Waals surface area contributed by atoms with Gasteiger partial charge in [0.25, 0.3) is 0 Å². The molecule has 0 amide bonds. The maximum Gasteiger partial charge on any atom is 0.0598 e. The molecule has 0 radical (unpaired) electrons. The first-order valence-electron chi connectivity index (χ1n) is 5.80. The van der Waals surface area contributed by atoms with Crippen molar-refractivity contribution in [3.05, 3.63) is 22.4 Å². The Kier molecular flexibility index (Phi) is 4.41. The minimum Gasteiger partial charge on any atom is -0.309 e. The van der Waals surface area contributed by atoms with Gasteiger partial charge in [0.2, 0.25) is 0 Å². The molecular formula is C13H18N2S. The Morgan fingerprint density at radius 3 is 2.94 bits per heavy atom. The van der Waals surface area contributed by atoms with E-state index in [-0.39, 0.29) is 0 Å². The molecule has 1 aliphatic rings. The summed E-state index contributed by atoms with van der Waals surface area (Å²) in [4.78, 5) is 3.77. The topological polar surface area (TPSA) is 15.3 Å². The lowest BCUT2D eigenvalue weighted by Gasteiger charge is -2.31. The Morgan fingerprint density at radius 1 is 1.50 bits per heavy atom. The molecule has 2 heterocycles. The number of thiophene rings is 1. The SMILES string of the molecule is C#CCN1CCC(NCc2cccs2)CC1. The highest BCUT2D eigenvalue weighted by atomic mass is 32.1. The molecule has 2 nitrogen and oxygen atoms in total. The van der Waals surface area contributed by atoms with E-state index in [4.69, 9.17) is 6.42 Å². The van der Waals surface area contributed by atoms with E-state index in [0.717, 1.165) is 26.2 Å². The van der Waals surface area contributed by atoms with Crippen molar-refractivity contribution in [1.29, 1.82) is 0 Å². The van der Waals surface area contributed by atoms with Crippen molar-refractivity contribution >= 4 is 11.3 Å². The molecule has 1 aromatic rings. The third kappa shape index (κ3) is 3.34. The maximum atomic E-state index is 5.31. The summed E-state index contributed by atoms with van der Waals surface area (Å²) in [6.45, 7) is 4.08. The normalized spacial score (nSPS) is 18.4. The van der Waals surface area contributed by atoms with Gasteiger partial charge in [0.05, 0.1) is 6.54 Å². The van der Waals surface area contributed by atoms with Crippen LogP contribution in [0.1, 0.15) is 17.7 Å². The Labute approximate surface area is 102 Å². The Bertz CT molecular complexity index is 331. The van der Waals surface area contributed by atoms with Crippen molar-refractivity contribution in [3.63, 3.8) is 0 Å². The Balaban J connectivity index is 1.68. The second-order valence-electron chi connectivity index (χ2n) is 4.21. The van der Waals surface area contributed by atoms with Crippen LogP contribution in [-0.2, 0) is 6.54 Å². The highest BCUT2D eigenvalue weighted by Gasteiger charge is 2.17. The maximum absolute atomic E-state index is 5.31. The second kappa shape index (κ2) is 6.05. The van der Waals surface area contributed by atoms with Crippen LogP contribution in [0.25, 0.3) is 0 Å². The van der Waals surface area contributed by atoms with Gasteiger partial charge in [-0.25, -0.2) is 0 Å². The van der Waals surface area contributed by atoms with Gasteiger partial charge in [-0.3, -0.25) is 4.90 Å². The number of nitrogens with one attached hydrogen (secondary N) is 1. The third-order valence-corrected chi connectivity index (χ3v) is 3.92. The molecule has 1 aromatic heterocycles. The van der Waals surface area contributed by atoms with Crippen LogP contribution in [-0.4, -0.2) is 30.6 Å². The van der Waals surface area contributed by atoms with Crippen molar-refractivity contribution in [2.75, 3.05) is 19.6 Å². The van der Waals surface area contributed by atoms with Gasteiger partial charge < -0.3 is 5.32 Å². The summed E-state index contributed by atoms with van der Waals surface area (Å²) in [6, 6.07) is 4.96. The van der Waals surface area contributed by atoms with E-state index in [9.17, 15) is 0 Å². The molecular weight excluding hydrogens is 216 g/mol. The second-order valence-corrected chi connectivity index (χ2v) is 5.25. The first kappa shape index (κ1) is 11.7. The van der Waals surface area contributed by atoms with Gasteiger partial charge in [0.1, 0.15) is 0 Å². The van der Waals surface area contributed by atoms with E-state index < -0.39 is 0 Å². The van der Waals surface area contributed by atoms with Crippen LogP contribution >= 0.6 is 11.3 Å². The number of likely N-dealkylation sites (tertiary alicyclic amines) is 1. The zero-order chi connectivity index (χ0) is 11.2. The molecule has 0 saturated carbocycles. The molecule has 2 rings (SSSR count). The van der Waals surface area contributed by atoms with Crippen LogP contribution in [0.5, 0.6) is 0 Å². The zero-order valence-electron chi connectivity index (χ0n) is 9.48. The molecule has 0 spiro atoms. The largest absolute Gasteiger partial charge is 0.309 e. The van der Waals surface area contributed by atoms with Crippen LogP contribution in [0.3, 0.4) is 0 Å². The summed E-state index contributed by atoms with van der Waals surface area (Å²) in [5, 5.41) is 5.75. The minimum atomic E-state index is 0.663. The van der Waals surface area contributed by atoms with Crippen molar-refractivity contribution in [1.82, 2.24) is 10.2 Å². The number of terminal acetylenes is 1. The molecule has 1 aliphatic heterocycles. The van der Waals surface area contributed by atoms with Gasteiger partial charge >= 0.3 is 0 Å². The quantitative estimate of drug-likeness (QED) is 0.801. The molecule has 16 heavy (non-hydrogen) atoms. The third-order valence-electron chi connectivity index (χ3n) is 3.05. The smallest absolute Gasteiger partial charge is 0.0598 e. The average Bonchev–Trinajstić information content (AvgIpc) is 2.82. The summed E-state index contributed by atoms with van der Waals surface area (Å²) < 4.78 is 0. The van der Waals surface area contributed by atoms with Crippen LogP contribution in [0.15, 0.2) is 17.5 Å². The first-order valence-corrected chi connectivity index (χ1v) is 6.68. The van der Waals surface area contributed by atoms with Gasteiger partial charge in [-0.15, -0.1) is 17.8 Å². The lowest BCUT2D eigenvalue weighted by atomic mass is 10.1. The molecule has 0 bridgehead atoms. The average molecular weight is 234 g/mol. The molecule has 0 atom stereocenters. The minimum absolute atomic E-state index is 0.663. The highest BCUT2D eigenvalue weighted by molar-refractivity contribution is 7.09. The fraction of sp³-hybridized carbons (Fsp3) is 0.538. The fourth-order valence-corrected chi connectivity index (χ4v) is 2.74. The predicted octanol–water partition coefficient (Wildman–Crippen LogP) is 1.94. The van der Waals surface area contributed by atoms with Crippen molar-refractivity contribution in [2.45, 2.75) is 25.4 Å². The highest BCUT2D eigenvalue weighted by Crippen LogP contribution is 2.12. The molecule has 86 valence electrons. The molecule has 0 aromatic carbocycles. The Hall–Kier alpha value is -0.820. The van der Waals surface area contributed by atoms with E-state index in [2.05, 4.69) is 33.6 Å². The van der Waals surface area contributed by atoms with Crippen LogP contribution in [0, 0.1) is 12.3 Å². The Morgan fingerprint density at radius 2 is 2.31 bits per heavy atom. The summed E-state index contributed by atoms with van der Waals surface area (Å²) >= 11 is 1.82. The van der Waals surface area contributed by atoms with Gasteiger partial charge in [-0.2, -0.15) is 0 Å². The van der Waals surface area contributed by atoms with Crippen LogP contribution < -0.4 is 5.32 Å². The summed E-state index contributed by atoms with van der Waals surface area (Å²) in [5.74, 6) is 2.71. The van der Waals surface area contributed by atoms with Crippen molar-refractivity contribution in [2.24, 2.45) is 0 Å². The van der Waals surface area contributed by atoms with Crippen molar-refractivity contribution in [3.8, 4) is 12.3 Å². The van der Waals surface area contributed by atoms with Gasteiger partial charge in [-0.1, -0.05) is 12.0 Å². The number of nitrogens with zero attached hydrogens (tertiary/aromatic N) is 1. The molecule has 0 aliphatic carbocycles. The molecule has 0 unspecified atom stereocenters. The van der Waals surface area contributed by atoms with E-state index in [1.54, 1.807) is 0 Å². The molecule has 1 saturated heterocycles. The lowest BCUT2D eigenvalue weighted by Crippen LogP contribution is -2.42. The molecule has 1 fully saturated rings. The lowest BCUT2D eigenvalue weighted by molar-refractivity contribution is 0.217. The van der Waals surface area contributed by atoms with Crippen LogP contribution in [0.4, 0.5) is 0 Å². The number of hydrogen-bond donors (Lipinski definition) is 1. The summed E-state index contributed by atoms with van der Waals surface area (Å²) in [5.41, 5.74) is 0. The summed E-state index contributed by atoms with van der Waals surface area (Å²) in [6.07, 6.45) is 7.74. The van der Waals surface area contributed by atoms with Crippen molar-refractivity contribution < 1.29 is 0 Å². The first-order chi connectivity index (χ1) is 7.88. The fourth-order valence-electron chi connectivity index (χ4n) is 2.08. The summed E-state index contributed by atoms with van der Waals surface area (Å²) in [7, 11) is 0. The standard InChI is InChI=1S/C13H18N2S/c1-2-7-15-8-5-12(6-9-15)14-11-13-4-3-10-16-13/h1,3-4,10,12,14H,5-9,11H2. The van der Waals surface area contributed by atoms with Crippen LogP contribution in [0.2, 0.25) is 0 Å². The molecule has 1 N–H and O–H groups in total. The number of rotatable bonds is 4. The zero-order valence-corrected chi connectivity index (χ0v) is 10.3. The predicted molar refractivity (Wildman–Crippen MR) is 69.5 cm³/mol. The monoisotopic (exact) mass is 234 g/mol. The van der Waals surface area contributed by atoms with E-state index >= 15 is 0 Å². The van der Waals surface area contributed by atoms with E-state index in [0.29, 0.717) is 6.04 Å². The number of piperidine rings is 1. The van der Waals surface area contributed by atoms with E-state index in [1.807, 2.05) is 11.3 Å². The van der Waals surface area contributed by atoms with Gasteiger partial charge in [-0.05, 0) is 24.3 Å².